The Labute approximate surface area is 114 Å². The smallest absolute Gasteiger partial charge is 0.0893 e. The Morgan fingerprint density at radius 2 is 2.18 bits per heavy atom. The van der Waals surface area contributed by atoms with E-state index in [0.717, 1.165) is 11.3 Å². The van der Waals surface area contributed by atoms with Crippen LogP contribution in [0.5, 0.6) is 0 Å². The summed E-state index contributed by atoms with van der Waals surface area (Å²) in [6.07, 6.45) is 0. The van der Waals surface area contributed by atoms with Crippen molar-refractivity contribution in [1.29, 1.82) is 0 Å². The lowest BCUT2D eigenvalue weighted by atomic mass is 10.1. The molecule has 0 aliphatic carbocycles. The summed E-state index contributed by atoms with van der Waals surface area (Å²) >= 11 is 13.2. The first-order valence-electron chi connectivity index (χ1n) is 5.11. The molecule has 0 spiro atoms. The summed E-state index contributed by atoms with van der Waals surface area (Å²) in [6, 6.07) is 5.83. The molecule has 1 aromatic heterocycles. The highest BCUT2D eigenvalue weighted by Crippen LogP contribution is 2.25. The minimum absolute atomic E-state index is 0.187. The minimum atomic E-state index is 0.187. The molecular formula is C11H11Cl2N3S. The molecule has 0 saturated carbocycles. The van der Waals surface area contributed by atoms with E-state index in [1.54, 1.807) is 0 Å². The first-order valence-corrected chi connectivity index (χ1v) is 6.70. The number of benzene rings is 1. The van der Waals surface area contributed by atoms with Crippen molar-refractivity contribution in [2.45, 2.75) is 19.5 Å². The van der Waals surface area contributed by atoms with Gasteiger partial charge in [-0.2, -0.15) is 0 Å². The van der Waals surface area contributed by atoms with Crippen molar-refractivity contribution in [1.82, 2.24) is 14.9 Å². The molecular weight excluding hydrogens is 277 g/mol. The largest absolute Gasteiger partial charge is 0.304 e. The van der Waals surface area contributed by atoms with Crippen LogP contribution in [0.1, 0.15) is 24.2 Å². The predicted molar refractivity (Wildman–Crippen MR) is 71.6 cm³/mol. The van der Waals surface area contributed by atoms with E-state index in [9.17, 15) is 0 Å². The van der Waals surface area contributed by atoms with Crippen molar-refractivity contribution < 1.29 is 0 Å². The zero-order chi connectivity index (χ0) is 12.3. The molecule has 2 rings (SSSR count). The van der Waals surface area contributed by atoms with Crippen LogP contribution >= 0.6 is 34.7 Å². The summed E-state index contributed by atoms with van der Waals surface area (Å²) in [5, 5.41) is 10.4. The fraction of sp³-hybridized carbons (Fsp3) is 0.273. The van der Waals surface area contributed by atoms with E-state index in [1.165, 1.54) is 11.5 Å². The van der Waals surface area contributed by atoms with Crippen LogP contribution in [0, 0.1) is 0 Å². The summed E-state index contributed by atoms with van der Waals surface area (Å²) < 4.78 is 3.81. The molecule has 3 nitrogen and oxygen atoms in total. The second-order valence-electron chi connectivity index (χ2n) is 3.67. The third kappa shape index (κ3) is 3.39. The first kappa shape index (κ1) is 12.8. The molecule has 0 amide bonds. The molecule has 1 heterocycles. The van der Waals surface area contributed by atoms with Gasteiger partial charge in [0.1, 0.15) is 0 Å². The highest BCUT2D eigenvalue weighted by molar-refractivity contribution is 7.03. The first-order chi connectivity index (χ1) is 8.16. The Kier molecular flexibility index (Phi) is 4.34. The van der Waals surface area contributed by atoms with Crippen LogP contribution in [0.25, 0.3) is 0 Å². The maximum Gasteiger partial charge on any atom is 0.0893 e. The Hall–Kier alpha value is -0.680. The molecule has 2 aromatic rings. The van der Waals surface area contributed by atoms with Crippen molar-refractivity contribution in [3.05, 3.63) is 44.9 Å². The third-order valence-electron chi connectivity index (χ3n) is 2.44. The van der Waals surface area contributed by atoms with E-state index < -0.39 is 0 Å². The number of hydrogen-bond donors (Lipinski definition) is 1. The summed E-state index contributed by atoms with van der Waals surface area (Å²) in [7, 11) is 0. The Bertz CT molecular complexity index is 487. The molecule has 90 valence electrons. The predicted octanol–water partition coefficient (Wildman–Crippen LogP) is 3.70. The second kappa shape index (κ2) is 5.78. The van der Waals surface area contributed by atoms with Gasteiger partial charge in [-0.3, -0.25) is 0 Å². The zero-order valence-electron chi connectivity index (χ0n) is 9.15. The van der Waals surface area contributed by atoms with Crippen molar-refractivity contribution in [2.24, 2.45) is 0 Å². The third-order valence-corrected chi connectivity index (χ3v) is 3.73. The topological polar surface area (TPSA) is 37.8 Å². The van der Waals surface area contributed by atoms with Crippen LogP contribution in [0.15, 0.2) is 23.6 Å². The molecule has 0 bridgehead atoms. The maximum absolute atomic E-state index is 5.98. The van der Waals surface area contributed by atoms with E-state index in [-0.39, 0.29) is 6.04 Å². The molecule has 0 fully saturated rings. The SMILES string of the molecule is CC(NCc1csnn1)c1ccc(Cl)c(Cl)c1. The van der Waals surface area contributed by atoms with Gasteiger partial charge in [0.05, 0.1) is 15.7 Å². The van der Waals surface area contributed by atoms with Gasteiger partial charge in [0.15, 0.2) is 0 Å². The van der Waals surface area contributed by atoms with E-state index in [1.807, 2.05) is 23.6 Å². The van der Waals surface area contributed by atoms with Crippen molar-refractivity contribution >= 4 is 34.7 Å². The molecule has 0 aliphatic rings. The molecule has 6 heteroatoms. The van der Waals surface area contributed by atoms with Gasteiger partial charge in [0.25, 0.3) is 0 Å². The van der Waals surface area contributed by atoms with Crippen LogP contribution in [0.2, 0.25) is 10.0 Å². The van der Waals surface area contributed by atoms with Gasteiger partial charge in [-0.25, -0.2) is 0 Å². The van der Waals surface area contributed by atoms with Gasteiger partial charge in [-0.15, -0.1) is 5.10 Å². The molecule has 0 saturated heterocycles. The van der Waals surface area contributed by atoms with E-state index in [4.69, 9.17) is 23.2 Å². The van der Waals surface area contributed by atoms with Crippen molar-refractivity contribution in [3.8, 4) is 0 Å². The quantitative estimate of drug-likeness (QED) is 0.932. The number of rotatable bonds is 4. The molecule has 1 aromatic carbocycles. The monoisotopic (exact) mass is 287 g/mol. The van der Waals surface area contributed by atoms with Gasteiger partial charge >= 0.3 is 0 Å². The highest BCUT2D eigenvalue weighted by Gasteiger charge is 2.07. The summed E-state index contributed by atoms with van der Waals surface area (Å²) in [5.74, 6) is 0. The standard InChI is InChI=1S/C11H11Cl2N3S/c1-7(14-5-9-6-17-16-15-9)8-2-3-10(12)11(13)4-8/h2-4,6-7,14H,5H2,1H3. The number of halogens is 2. The minimum Gasteiger partial charge on any atom is -0.304 e. The molecule has 0 aliphatic heterocycles. The molecule has 17 heavy (non-hydrogen) atoms. The Morgan fingerprint density at radius 1 is 1.35 bits per heavy atom. The highest BCUT2D eigenvalue weighted by atomic mass is 35.5. The average Bonchev–Trinajstić information content (AvgIpc) is 2.82. The summed E-state index contributed by atoms with van der Waals surface area (Å²) in [6.45, 7) is 2.76. The summed E-state index contributed by atoms with van der Waals surface area (Å²) in [4.78, 5) is 0. The lowest BCUT2D eigenvalue weighted by Crippen LogP contribution is -2.18. The molecule has 1 atom stereocenters. The van der Waals surface area contributed by atoms with Crippen LogP contribution in [-0.4, -0.2) is 9.59 Å². The van der Waals surface area contributed by atoms with E-state index in [2.05, 4.69) is 21.8 Å². The lowest BCUT2D eigenvalue weighted by molar-refractivity contribution is 0.567. The second-order valence-corrected chi connectivity index (χ2v) is 5.10. The number of aromatic nitrogens is 2. The van der Waals surface area contributed by atoms with Crippen molar-refractivity contribution in [3.63, 3.8) is 0 Å². The average molecular weight is 288 g/mol. The zero-order valence-corrected chi connectivity index (χ0v) is 11.5. The summed E-state index contributed by atoms with van der Waals surface area (Å²) in [5.41, 5.74) is 2.05. The van der Waals surface area contributed by atoms with E-state index >= 15 is 0 Å². The van der Waals surface area contributed by atoms with Crippen LogP contribution in [0.4, 0.5) is 0 Å². The normalized spacial score (nSPS) is 12.6. The molecule has 1 unspecified atom stereocenters. The van der Waals surface area contributed by atoms with Crippen molar-refractivity contribution in [2.75, 3.05) is 0 Å². The fourth-order valence-corrected chi connectivity index (χ4v) is 2.18. The van der Waals surface area contributed by atoms with Gasteiger partial charge < -0.3 is 5.32 Å². The van der Waals surface area contributed by atoms with Gasteiger partial charge in [-0.05, 0) is 36.2 Å². The Balaban J connectivity index is 1.99. The van der Waals surface area contributed by atoms with E-state index in [0.29, 0.717) is 16.6 Å². The maximum atomic E-state index is 5.98. The molecule has 0 radical (unpaired) electrons. The van der Waals surface area contributed by atoms with Gasteiger partial charge in [0.2, 0.25) is 0 Å². The number of hydrogen-bond acceptors (Lipinski definition) is 4. The van der Waals surface area contributed by atoms with Crippen LogP contribution < -0.4 is 5.32 Å². The van der Waals surface area contributed by atoms with Gasteiger partial charge in [-0.1, -0.05) is 33.8 Å². The number of nitrogens with zero attached hydrogens (tertiary/aromatic N) is 2. The number of nitrogens with one attached hydrogen (secondary N) is 1. The Morgan fingerprint density at radius 3 is 2.82 bits per heavy atom. The van der Waals surface area contributed by atoms with Crippen LogP contribution in [0.3, 0.4) is 0 Å². The lowest BCUT2D eigenvalue weighted by Gasteiger charge is -2.13. The van der Waals surface area contributed by atoms with Gasteiger partial charge in [0, 0.05) is 18.0 Å². The fourth-order valence-electron chi connectivity index (χ4n) is 1.42. The van der Waals surface area contributed by atoms with Crippen LogP contribution in [-0.2, 0) is 6.54 Å². The molecule has 1 N–H and O–H groups in total.